The summed E-state index contributed by atoms with van der Waals surface area (Å²) in [5.41, 5.74) is 0.678. The fourth-order valence-electron chi connectivity index (χ4n) is 3.94. The highest BCUT2D eigenvalue weighted by molar-refractivity contribution is 5.68. The van der Waals surface area contributed by atoms with Gasteiger partial charge in [0.1, 0.15) is 11.4 Å². The maximum Gasteiger partial charge on any atom is 0.410 e. The number of nitrogens with zero attached hydrogens (tertiary/aromatic N) is 3. The first-order chi connectivity index (χ1) is 13.3. The second kappa shape index (κ2) is 8.57. The van der Waals surface area contributed by atoms with E-state index in [1.807, 2.05) is 32.9 Å². The van der Waals surface area contributed by atoms with Crippen molar-refractivity contribution in [3.05, 3.63) is 24.3 Å². The molecule has 1 aromatic rings. The Labute approximate surface area is 167 Å². The van der Waals surface area contributed by atoms with Crippen molar-refractivity contribution in [3.8, 4) is 5.75 Å². The number of hydrogen-bond donors (Lipinski definition) is 1. The molecule has 2 heterocycles. The van der Waals surface area contributed by atoms with Crippen molar-refractivity contribution in [2.75, 3.05) is 51.3 Å². The van der Waals surface area contributed by atoms with Gasteiger partial charge in [-0.1, -0.05) is 0 Å². The summed E-state index contributed by atoms with van der Waals surface area (Å²) in [6.45, 7) is 10.2. The molecule has 1 amide bonds. The number of rotatable bonds is 3. The van der Waals surface area contributed by atoms with Crippen LogP contribution in [-0.2, 0) is 4.74 Å². The smallest absolute Gasteiger partial charge is 0.410 e. The lowest BCUT2D eigenvalue weighted by Crippen LogP contribution is -2.59. The van der Waals surface area contributed by atoms with Crippen LogP contribution in [0.3, 0.4) is 0 Å². The van der Waals surface area contributed by atoms with E-state index in [1.54, 1.807) is 12.0 Å². The highest BCUT2D eigenvalue weighted by Crippen LogP contribution is 2.24. The third kappa shape index (κ3) is 5.08. The molecular formula is C21H33N3O4. The van der Waals surface area contributed by atoms with Crippen LogP contribution in [0, 0.1) is 0 Å². The number of piperidine rings is 1. The lowest BCUT2D eigenvalue weighted by atomic mass is 9.99. The van der Waals surface area contributed by atoms with Gasteiger partial charge in [-0.2, -0.15) is 0 Å². The highest BCUT2D eigenvalue weighted by atomic mass is 16.6. The Kier molecular flexibility index (Phi) is 6.35. The molecule has 2 atom stereocenters. The van der Waals surface area contributed by atoms with Crippen molar-refractivity contribution in [1.82, 2.24) is 9.80 Å². The summed E-state index contributed by atoms with van der Waals surface area (Å²) in [7, 11) is 1.67. The Bertz CT molecular complexity index is 651. The van der Waals surface area contributed by atoms with Crippen LogP contribution in [0.25, 0.3) is 0 Å². The van der Waals surface area contributed by atoms with Gasteiger partial charge in [-0.15, -0.1) is 0 Å². The number of piperazine rings is 1. The number of hydrogen-bond acceptors (Lipinski definition) is 6. The molecule has 0 spiro atoms. The Hall–Kier alpha value is -1.99. The van der Waals surface area contributed by atoms with E-state index in [0.717, 1.165) is 38.3 Å². The SMILES string of the molecule is COc1ccc(N2CCN(C3CCN(C(=O)OC(C)(C)C)CC3O)CC2)cc1. The van der Waals surface area contributed by atoms with Gasteiger partial charge in [-0.25, -0.2) is 4.79 Å². The molecular weight excluding hydrogens is 358 g/mol. The minimum atomic E-state index is -0.547. The Morgan fingerprint density at radius 2 is 1.71 bits per heavy atom. The van der Waals surface area contributed by atoms with Crippen LogP contribution < -0.4 is 9.64 Å². The van der Waals surface area contributed by atoms with Crippen LogP contribution in [-0.4, -0.2) is 85.1 Å². The molecule has 2 saturated heterocycles. The lowest BCUT2D eigenvalue weighted by Gasteiger charge is -2.45. The lowest BCUT2D eigenvalue weighted by molar-refractivity contribution is -0.0303. The fraction of sp³-hybridized carbons (Fsp3) is 0.667. The first kappa shape index (κ1) is 20.7. The topological polar surface area (TPSA) is 65.5 Å². The summed E-state index contributed by atoms with van der Waals surface area (Å²) >= 11 is 0. The van der Waals surface area contributed by atoms with Crippen LogP contribution in [0.2, 0.25) is 0 Å². The summed E-state index contributed by atoms with van der Waals surface area (Å²) in [6, 6.07) is 8.23. The van der Waals surface area contributed by atoms with Gasteiger partial charge in [0.05, 0.1) is 19.8 Å². The second-order valence-electron chi connectivity index (χ2n) is 8.57. The molecule has 156 valence electrons. The average molecular weight is 392 g/mol. The number of amides is 1. The summed E-state index contributed by atoms with van der Waals surface area (Å²) in [5.74, 6) is 0.863. The van der Waals surface area contributed by atoms with Crippen LogP contribution in [0.4, 0.5) is 10.5 Å². The zero-order valence-corrected chi connectivity index (χ0v) is 17.4. The molecule has 0 aromatic heterocycles. The van der Waals surface area contributed by atoms with Crippen LogP contribution in [0.15, 0.2) is 24.3 Å². The number of anilines is 1. The molecule has 28 heavy (non-hydrogen) atoms. The van der Waals surface area contributed by atoms with Gasteiger partial charge in [0.25, 0.3) is 0 Å². The summed E-state index contributed by atoms with van der Waals surface area (Å²) in [5, 5.41) is 10.7. The van der Waals surface area contributed by atoms with E-state index in [-0.39, 0.29) is 12.1 Å². The predicted molar refractivity (Wildman–Crippen MR) is 109 cm³/mol. The molecule has 0 radical (unpaired) electrons. The van der Waals surface area contributed by atoms with E-state index >= 15 is 0 Å². The standard InChI is InChI=1S/C21H33N3O4/c1-21(2,3)28-20(26)24-10-9-18(19(25)15-24)23-13-11-22(12-14-23)16-5-7-17(27-4)8-6-16/h5-8,18-19,25H,9-15H2,1-4H3. The monoisotopic (exact) mass is 391 g/mol. The summed E-state index contributed by atoms with van der Waals surface area (Å²) in [6.07, 6.45) is -0.119. The van der Waals surface area contributed by atoms with E-state index < -0.39 is 11.7 Å². The third-order valence-corrected chi connectivity index (χ3v) is 5.42. The number of carbonyl (C=O) groups excluding carboxylic acids is 1. The van der Waals surface area contributed by atoms with Gasteiger partial charge >= 0.3 is 6.09 Å². The number of aliphatic hydroxyl groups excluding tert-OH is 1. The van der Waals surface area contributed by atoms with Crippen molar-refractivity contribution in [2.45, 2.75) is 44.9 Å². The van der Waals surface area contributed by atoms with Gasteiger partial charge in [0.2, 0.25) is 0 Å². The Balaban J connectivity index is 1.50. The van der Waals surface area contributed by atoms with Crippen LogP contribution >= 0.6 is 0 Å². The van der Waals surface area contributed by atoms with Gasteiger partial charge in [-0.3, -0.25) is 4.90 Å². The molecule has 0 bridgehead atoms. The highest BCUT2D eigenvalue weighted by Gasteiger charge is 2.36. The Morgan fingerprint density at radius 1 is 1.07 bits per heavy atom. The molecule has 0 saturated carbocycles. The molecule has 2 unspecified atom stereocenters. The summed E-state index contributed by atoms with van der Waals surface area (Å²) < 4.78 is 10.7. The normalized spacial score (nSPS) is 24.2. The largest absolute Gasteiger partial charge is 0.497 e. The van der Waals surface area contributed by atoms with E-state index in [4.69, 9.17) is 9.47 Å². The number of methoxy groups -OCH3 is 1. The van der Waals surface area contributed by atoms with Gasteiger partial charge in [0, 0.05) is 44.5 Å². The van der Waals surface area contributed by atoms with Crippen molar-refractivity contribution < 1.29 is 19.4 Å². The number of ether oxygens (including phenoxy) is 2. The minimum Gasteiger partial charge on any atom is -0.497 e. The van der Waals surface area contributed by atoms with Crippen LogP contribution in [0.1, 0.15) is 27.2 Å². The minimum absolute atomic E-state index is 0.0942. The molecule has 2 aliphatic heterocycles. The van der Waals surface area contributed by atoms with E-state index in [0.29, 0.717) is 13.1 Å². The Morgan fingerprint density at radius 3 is 2.25 bits per heavy atom. The number of aliphatic hydroxyl groups is 1. The molecule has 1 N–H and O–H groups in total. The molecule has 2 aliphatic rings. The average Bonchev–Trinajstić information content (AvgIpc) is 2.67. The number of β-amino-alcohol motifs (C(OH)–C–C–N with tert-alkyl or cyclic N) is 1. The maximum absolute atomic E-state index is 12.3. The third-order valence-electron chi connectivity index (χ3n) is 5.42. The van der Waals surface area contributed by atoms with E-state index in [1.165, 1.54) is 5.69 Å². The number of benzene rings is 1. The fourth-order valence-corrected chi connectivity index (χ4v) is 3.94. The molecule has 3 rings (SSSR count). The molecule has 1 aromatic carbocycles. The number of likely N-dealkylation sites (tertiary alicyclic amines) is 1. The summed E-state index contributed by atoms with van der Waals surface area (Å²) in [4.78, 5) is 18.6. The first-order valence-electron chi connectivity index (χ1n) is 10.1. The maximum atomic E-state index is 12.3. The van der Waals surface area contributed by atoms with Crippen molar-refractivity contribution in [2.24, 2.45) is 0 Å². The number of carbonyl (C=O) groups is 1. The molecule has 2 fully saturated rings. The quantitative estimate of drug-likeness (QED) is 0.852. The van der Waals surface area contributed by atoms with Crippen LogP contribution in [0.5, 0.6) is 5.75 Å². The van der Waals surface area contributed by atoms with Gasteiger partial charge in [-0.05, 0) is 51.5 Å². The van der Waals surface area contributed by atoms with Gasteiger partial charge in [0.15, 0.2) is 0 Å². The van der Waals surface area contributed by atoms with Crippen molar-refractivity contribution in [1.29, 1.82) is 0 Å². The molecule has 7 heteroatoms. The second-order valence-corrected chi connectivity index (χ2v) is 8.57. The van der Waals surface area contributed by atoms with E-state index in [9.17, 15) is 9.90 Å². The first-order valence-corrected chi connectivity index (χ1v) is 10.1. The molecule has 7 nitrogen and oxygen atoms in total. The molecule has 0 aliphatic carbocycles. The zero-order valence-electron chi connectivity index (χ0n) is 17.4. The van der Waals surface area contributed by atoms with E-state index in [2.05, 4.69) is 21.9 Å². The predicted octanol–water partition coefficient (Wildman–Crippen LogP) is 2.19. The zero-order chi connectivity index (χ0) is 20.3. The van der Waals surface area contributed by atoms with Crippen molar-refractivity contribution >= 4 is 11.8 Å². The van der Waals surface area contributed by atoms with Gasteiger partial charge < -0.3 is 24.4 Å². The van der Waals surface area contributed by atoms with Crippen molar-refractivity contribution in [3.63, 3.8) is 0 Å².